The second kappa shape index (κ2) is 7.13. The van der Waals surface area contributed by atoms with Crippen molar-refractivity contribution in [3.63, 3.8) is 0 Å². The molecule has 0 bridgehead atoms. The molecule has 0 aliphatic carbocycles. The summed E-state index contributed by atoms with van der Waals surface area (Å²) < 4.78 is 5.64. The Balaban J connectivity index is 0.00000128. The van der Waals surface area contributed by atoms with E-state index in [1.54, 1.807) is 0 Å². The largest absolute Gasteiger partial charge is 0.375 e. The molecule has 0 spiro atoms. The zero-order valence-corrected chi connectivity index (χ0v) is 10.7. The lowest BCUT2D eigenvalue weighted by molar-refractivity contribution is 0.103. The van der Waals surface area contributed by atoms with Crippen LogP contribution in [0.1, 0.15) is 18.4 Å². The van der Waals surface area contributed by atoms with E-state index >= 15 is 0 Å². The minimum absolute atomic E-state index is 0. The number of benzene rings is 1. The molecule has 0 saturated carbocycles. The lowest BCUT2D eigenvalue weighted by Crippen LogP contribution is -2.26. The number of ether oxygens (including phenoxy) is 1. The normalized spacial score (nSPS) is 19.4. The summed E-state index contributed by atoms with van der Waals surface area (Å²) in [6.07, 6.45) is 2.50. The molecular weight excluding hydrogens is 245 g/mol. The predicted octanol–water partition coefficient (Wildman–Crippen LogP) is 3.03. The fraction of sp³-hybridized carbons (Fsp3) is 0.500. The highest BCUT2D eigenvalue weighted by molar-refractivity contribution is 6.30. The van der Waals surface area contributed by atoms with Crippen molar-refractivity contribution in [2.75, 3.05) is 13.2 Å². The first-order chi connectivity index (χ1) is 7.34. The van der Waals surface area contributed by atoms with Crippen molar-refractivity contribution < 1.29 is 4.74 Å². The molecule has 0 aromatic heterocycles. The van der Waals surface area contributed by atoms with Gasteiger partial charge in [0.05, 0.1) is 13.2 Å². The van der Waals surface area contributed by atoms with E-state index in [0.29, 0.717) is 12.6 Å². The van der Waals surface area contributed by atoms with Crippen molar-refractivity contribution in [3.05, 3.63) is 34.9 Å². The molecule has 1 aromatic carbocycles. The molecule has 1 saturated heterocycles. The van der Waals surface area contributed by atoms with E-state index in [9.17, 15) is 0 Å². The molecule has 90 valence electrons. The van der Waals surface area contributed by atoms with Crippen LogP contribution in [0.4, 0.5) is 0 Å². The summed E-state index contributed by atoms with van der Waals surface area (Å²) in [6, 6.07) is 8.36. The molecule has 1 unspecified atom stereocenters. The van der Waals surface area contributed by atoms with Gasteiger partial charge in [-0.1, -0.05) is 23.7 Å². The zero-order valence-electron chi connectivity index (χ0n) is 9.12. The number of rotatable bonds is 4. The van der Waals surface area contributed by atoms with Gasteiger partial charge in [-0.25, -0.2) is 0 Å². The summed E-state index contributed by atoms with van der Waals surface area (Å²) >= 11 is 5.88. The number of nitrogens with one attached hydrogen (secondary N) is 1. The number of halogens is 2. The van der Waals surface area contributed by atoms with Crippen LogP contribution in [0.2, 0.25) is 5.02 Å². The minimum atomic E-state index is 0. The molecular formula is C12H17Cl2NO. The van der Waals surface area contributed by atoms with Crippen LogP contribution in [0.3, 0.4) is 0 Å². The highest BCUT2D eigenvalue weighted by Gasteiger charge is 2.13. The van der Waals surface area contributed by atoms with Crippen molar-refractivity contribution >= 4 is 24.0 Å². The molecule has 1 N–H and O–H groups in total. The summed E-state index contributed by atoms with van der Waals surface area (Å²) in [4.78, 5) is 0. The maximum absolute atomic E-state index is 5.88. The summed E-state index contributed by atoms with van der Waals surface area (Å²) in [5, 5.41) is 4.18. The van der Waals surface area contributed by atoms with Crippen molar-refractivity contribution in [1.29, 1.82) is 0 Å². The van der Waals surface area contributed by atoms with E-state index in [0.717, 1.165) is 23.7 Å². The molecule has 16 heavy (non-hydrogen) atoms. The Morgan fingerprint density at radius 2 is 2.31 bits per heavy atom. The molecule has 1 atom stereocenters. The first kappa shape index (κ1) is 13.8. The Bertz CT molecular complexity index is 314. The van der Waals surface area contributed by atoms with E-state index < -0.39 is 0 Å². The van der Waals surface area contributed by atoms with Crippen LogP contribution in [0, 0.1) is 0 Å². The number of hydrogen-bond donors (Lipinski definition) is 1. The Morgan fingerprint density at radius 1 is 1.44 bits per heavy atom. The van der Waals surface area contributed by atoms with Gasteiger partial charge in [-0.2, -0.15) is 0 Å². The molecule has 1 aromatic rings. The predicted molar refractivity (Wildman–Crippen MR) is 69.4 cm³/mol. The second-order valence-corrected chi connectivity index (χ2v) is 4.37. The lowest BCUT2D eigenvalue weighted by Gasteiger charge is -2.10. The molecule has 1 fully saturated rings. The molecule has 1 heterocycles. The third kappa shape index (κ3) is 4.30. The quantitative estimate of drug-likeness (QED) is 0.900. The van der Waals surface area contributed by atoms with Gasteiger partial charge in [-0.05, 0) is 37.1 Å². The van der Waals surface area contributed by atoms with Gasteiger partial charge in [-0.3, -0.25) is 0 Å². The molecule has 4 heteroatoms. The molecule has 2 rings (SSSR count). The van der Waals surface area contributed by atoms with E-state index in [1.807, 2.05) is 24.3 Å². The molecule has 0 radical (unpaired) electrons. The Morgan fingerprint density at radius 3 is 3.00 bits per heavy atom. The number of hydrogen-bond acceptors (Lipinski definition) is 2. The first-order valence-corrected chi connectivity index (χ1v) is 5.78. The minimum Gasteiger partial charge on any atom is -0.375 e. The van der Waals surface area contributed by atoms with Crippen molar-refractivity contribution in [1.82, 2.24) is 5.32 Å². The summed E-state index contributed by atoms with van der Waals surface area (Å²) in [5.74, 6) is 0. The second-order valence-electron chi connectivity index (χ2n) is 3.94. The molecule has 2 nitrogen and oxygen atoms in total. The van der Waals surface area contributed by atoms with Crippen LogP contribution < -0.4 is 5.32 Å². The molecule has 1 aliphatic heterocycles. The lowest BCUT2D eigenvalue weighted by atomic mass is 10.2. The van der Waals surface area contributed by atoms with E-state index in [4.69, 9.17) is 16.3 Å². The standard InChI is InChI=1S/C12H16ClNO.ClH/c13-11-4-1-3-10(7-11)8-15-9-12-5-2-6-14-12;/h1,3-4,7,12,14H,2,5-6,8-9H2;1H. The van der Waals surface area contributed by atoms with Gasteiger partial charge < -0.3 is 10.1 Å². The van der Waals surface area contributed by atoms with Crippen LogP contribution in [0.15, 0.2) is 24.3 Å². The van der Waals surface area contributed by atoms with Gasteiger partial charge in [0.25, 0.3) is 0 Å². The molecule has 1 aliphatic rings. The Labute approximate surface area is 108 Å². The van der Waals surface area contributed by atoms with Gasteiger partial charge in [0, 0.05) is 11.1 Å². The van der Waals surface area contributed by atoms with Crippen molar-refractivity contribution in [2.45, 2.75) is 25.5 Å². The van der Waals surface area contributed by atoms with Crippen LogP contribution in [0.25, 0.3) is 0 Å². The monoisotopic (exact) mass is 261 g/mol. The SMILES string of the molecule is Cl.Clc1cccc(COCC2CCCN2)c1. The van der Waals surface area contributed by atoms with Crippen molar-refractivity contribution in [3.8, 4) is 0 Å². The summed E-state index contributed by atoms with van der Waals surface area (Å²) in [7, 11) is 0. The average Bonchev–Trinajstić information content (AvgIpc) is 2.71. The van der Waals surface area contributed by atoms with Crippen LogP contribution in [-0.4, -0.2) is 19.2 Å². The topological polar surface area (TPSA) is 21.3 Å². The third-order valence-corrected chi connectivity index (χ3v) is 2.87. The van der Waals surface area contributed by atoms with Crippen LogP contribution in [-0.2, 0) is 11.3 Å². The third-order valence-electron chi connectivity index (χ3n) is 2.64. The van der Waals surface area contributed by atoms with Gasteiger partial charge in [-0.15, -0.1) is 12.4 Å². The van der Waals surface area contributed by atoms with Gasteiger partial charge in [0.1, 0.15) is 0 Å². The van der Waals surface area contributed by atoms with Crippen molar-refractivity contribution in [2.24, 2.45) is 0 Å². The molecule has 0 amide bonds. The Hall–Kier alpha value is -0.280. The van der Waals surface area contributed by atoms with Crippen LogP contribution >= 0.6 is 24.0 Å². The fourth-order valence-corrected chi connectivity index (χ4v) is 2.06. The maximum Gasteiger partial charge on any atom is 0.0718 e. The zero-order chi connectivity index (χ0) is 10.5. The summed E-state index contributed by atoms with van der Waals surface area (Å²) in [6.45, 7) is 2.58. The van der Waals surface area contributed by atoms with Crippen LogP contribution in [0.5, 0.6) is 0 Å². The van der Waals surface area contributed by atoms with Gasteiger partial charge >= 0.3 is 0 Å². The first-order valence-electron chi connectivity index (χ1n) is 5.40. The highest BCUT2D eigenvalue weighted by atomic mass is 35.5. The average molecular weight is 262 g/mol. The van der Waals surface area contributed by atoms with E-state index in [1.165, 1.54) is 12.8 Å². The fourth-order valence-electron chi connectivity index (χ4n) is 1.84. The van der Waals surface area contributed by atoms with Gasteiger partial charge in [0.2, 0.25) is 0 Å². The smallest absolute Gasteiger partial charge is 0.0718 e. The highest BCUT2D eigenvalue weighted by Crippen LogP contribution is 2.12. The van der Waals surface area contributed by atoms with Gasteiger partial charge in [0.15, 0.2) is 0 Å². The van der Waals surface area contributed by atoms with E-state index in [-0.39, 0.29) is 12.4 Å². The Kier molecular flexibility index (Phi) is 6.14. The van der Waals surface area contributed by atoms with E-state index in [2.05, 4.69) is 5.32 Å². The maximum atomic E-state index is 5.88. The summed E-state index contributed by atoms with van der Waals surface area (Å²) in [5.41, 5.74) is 1.14.